The summed E-state index contributed by atoms with van der Waals surface area (Å²) in [5.74, 6) is -0.466. The summed E-state index contributed by atoms with van der Waals surface area (Å²) in [6.45, 7) is 1.02. The third kappa shape index (κ3) is 3.46. The molecular formula is C15H17N3O3. The van der Waals surface area contributed by atoms with E-state index in [1.807, 2.05) is 30.3 Å². The van der Waals surface area contributed by atoms with Crippen LogP contribution in [0.4, 0.5) is 0 Å². The highest BCUT2D eigenvalue weighted by atomic mass is 16.6. The van der Waals surface area contributed by atoms with Crippen LogP contribution in [0.2, 0.25) is 0 Å². The molecule has 1 atom stereocenters. The minimum Gasteiger partial charge on any atom is -0.458 e. The van der Waals surface area contributed by atoms with E-state index in [2.05, 4.69) is 10.2 Å². The van der Waals surface area contributed by atoms with E-state index in [4.69, 9.17) is 9.47 Å². The lowest BCUT2D eigenvalue weighted by atomic mass is 10.1. The molecule has 0 N–H and O–H groups in total. The number of rotatable bonds is 4. The first-order valence-corrected chi connectivity index (χ1v) is 7.09. The summed E-state index contributed by atoms with van der Waals surface area (Å²) in [5.41, 5.74) is 1.00. The van der Waals surface area contributed by atoms with Crippen molar-refractivity contribution in [2.24, 2.45) is 0 Å². The zero-order valence-corrected chi connectivity index (χ0v) is 11.6. The summed E-state index contributed by atoms with van der Waals surface area (Å²) in [5, 5.41) is 8.21. The maximum absolute atomic E-state index is 11.9. The van der Waals surface area contributed by atoms with Crippen LogP contribution in [0.5, 0.6) is 0 Å². The van der Waals surface area contributed by atoms with Gasteiger partial charge in [0.1, 0.15) is 6.61 Å². The van der Waals surface area contributed by atoms with Gasteiger partial charge in [0.25, 0.3) is 0 Å². The lowest BCUT2D eigenvalue weighted by Crippen LogP contribution is -2.26. The van der Waals surface area contributed by atoms with Crippen LogP contribution in [0.1, 0.15) is 29.8 Å². The zero-order chi connectivity index (χ0) is 14.5. The van der Waals surface area contributed by atoms with E-state index in [0.717, 1.165) is 31.6 Å². The zero-order valence-electron chi connectivity index (χ0n) is 11.6. The fourth-order valence-corrected chi connectivity index (χ4v) is 2.22. The van der Waals surface area contributed by atoms with Gasteiger partial charge in [0.15, 0.2) is 5.69 Å². The number of para-hydroxylation sites is 1. The van der Waals surface area contributed by atoms with Crippen LogP contribution in [-0.4, -0.2) is 40.3 Å². The summed E-state index contributed by atoms with van der Waals surface area (Å²) in [6, 6.07) is 9.41. The number of carbonyl (C=O) groups is 1. The second kappa shape index (κ2) is 6.49. The standard InChI is InChI=1S/C15H17N3O3/c19-15(21-11-13-8-4-5-9-20-13)14-10-16-18(17-14)12-6-2-1-3-7-12/h1-3,6-7,10,13H,4-5,8-9,11H2. The lowest BCUT2D eigenvalue weighted by molar-refractivity contribution is -0.0302. The van der Waals surface area contributed by atoms with Gasteiger partial charge >= 0.3 is 5.97 Å². The van der Waals surface area contributed by atoms with E-state index >= 15 is 0 Å². The van der Waals surface area contributed by atoms with E-state index in [1.54, 1.807) is 0 Å². The Balaban J connectivity index is 1.59. The number of aromatic nitrogens is 3. The Labute approximate surface area is 122 Å². The number of hydrogen-bond acceptors (Lipinski definition) is 5. The Morgan fingerprint density at radius 2 is 2.19 bits per heavy atom. The molecule has 2 heterocycles. The smallest absolute Gasteiger partial charge is 0.360 e. The van der Waals surface area contributed by atoms with Crippen molar-refractivity contribution < 1.29 is 14.3 Å². The first-order valence-electron chi connectivity index (χ1n) is 7.09. The average Bonchev–Trinajstić information content (AvgIpc) is 3.04. The van der Waals surface area contributed by atoms with Gasteiger partial charge in [-0.1, -0.05) is 18.2 Å². The second-order valence-corrected chi connectivity index (χ2v) is 4.94. The van der Waals surface area contributed by atoms with Crippen LogP contribution in [0.15, 0.2) is 36.5 Å². The van der Waals surface area contributed by atoms with Crippen LogP contribution in [0, 0.1) is 0 Å². The number of ether oxygens (including phenoxy) is 2. The SMILES string of the molecule is O=C(OCC1CCCCO1)c1cnn(-c2ccccc2)n1. The highest BCUT2D eigenvalue weighted by molar-refractivity contribution is 5.86. The topological polar surface area (TPSA) is 66.2 Å². The van der Waals surface area contributed by atoms with E-state index in [-0.39, 0.29) is 18.4 Å². The van der Waals surface area contributed by atoms with Crippen molar-refractivity contribution in [1.82, 2.24) is 15.0 Å². The van der Waals surface area contributed by atoms with Crippen LogP contribution in [-0.2, 0) is 9.47 Å². The molecule has 1 saturated heterocycles. The fourth-order valence-electron chi connectivity index (χ4n) is 2.22. The Morgan fingerprint density at radius 3 is 2.95 bits per heavy atom. The Morgan fingerprint density at radius 1 is 1.33 bits per heavy atom. The normalized spacial score (nSPS) is 18.4. The fraction of sp³-hybridized carbons (Fsp3) is 0.400. The summed E-state index contributed by atoms with van der Waals surface area (Å²) in [6.07, 6.45) is 4.55. The maximum atomic E-state index is 11.9. The molecule has 1 aliphatic heterocycles. The van der Waals surface area contributed by atoms with E-state index in [1.165, 1.54) is 11.0 Å². The molecule has 6 nitrogen and oxygen atoms in total. The van der Waals surface area contributed by atoms with Gasteiger partial charge in [0.2, 0.25) is 0 Å². The molecule has 2 aromatic rings. The summed E-state index contributed by atoms with van der Waals surface area (Å²) in [4.78, 5) is 13.3. The molecule has 0 spiro atoms. The van der Waals surface area contributed by atoms with Gasteiger partial charge in [-0.15, -0.1) is 5.10 Å². The number of nitrogens with zero attached hydrogens (tertiary/aromatic N) is 3. The van der Waals surface area contributed by atoms with Crippen LogP contribution >= 0.6 is 0 Å². The van der Waals surface area contributed by atoms with Crippen LogP contribution in [0.25, 0.3) is 5.69 Å². The van der Waals surface area contributed by atoms with Crippen molar-refractivity contribution in [2.45, 2.75) is 25.4 Å². The molecule has 0 amide bonds. The number of hydrogen-bond donors (Lipinski definition) is 0. The first kappa shape index (κ1) is 13.8. The van der Waals surface area contributed by atoms with Gasteiger partial charge < -0.3 is 9.47 Å². The highest BCUT2D eigenvalue weighted by Crippen LogP contribution is 2.13. The van der Waals surface area contributed by atoms with Crippen molar-refractivity contribution in [3.63, 3.8) is 0 Å². The predicted octanol–water partition coefficient (Wildman–Crippen LogP) is 1.99. The van der Waals surface area contributed by atoms with E-state index in [9.17, 15) is 4.79 Å². The quantitative estimate of drug-likeness (QED) is 0.805. The minimum atomic E-state index is -0.466. The molecule has 1 fully saturated rings. The molecule has 6 heteroatoms. The van der Waals surface area contributed by atoms with Crippen LogP contribution < -0.4 is 0 Å². The Bertz CT molecular complexity index is 591. The summed E-state index contributed by atoms with van der Waals surface area (Å²) < 4.78 is 10.8. The monoisotopic (exact) mass is 287 g/mol. The molecule has 3 rings (SSSR count). The van der Waals surface area contributed by atoms with E-state index < -0.39 is 5.97 Å². The summed E-state index contributed by atoms with van der Waals surface area (Å²) in [7, 11) is 0. The molecule has 110 valence electrons. The lowest BCUT2D eigenvalue weighted by Gasteiger charge is -2.21. The van der Waals surface area contributed by atoms with Crippen molar-refractivity contribution in [3.8, 4) is 5.69 Å². The molecule has 21 heavy (non-hydrogen) atoms. The van der Waals surface area contributed by atoms with Crippen molar-refractivity contribution >= 4 is 5.97 Å². The molecule has 1 aromatic heterocycles. The molecule has 0 radical (unpaired) electrons. The average molecular weight is 287 g/mol. The molecule has 0 aliphatic carbocycles. The molecular weight excluding hydrogens is 270 g/mol. The van der Waals surface area contributed by atoms with Gasteiger partial charge in [-0.25, -0.2) is 4.79 Å². The van der Waals surface area contributed by atoms with Gasteiger partial charge in [-0.3, -0.25) is 0 Å². The molecule has 0 saturated carbocycles. The number of esters is 1. The second-order valence-electron chi connectivity index (χ2n) is 4.94. The Hall–Kier alpha value is -2.21. The molecule has 1 aliphatic rings. The summed E-state index contributed by atoms with van der Waals surface area (Å²) >= 11 is 0. The van der Waals surface area contributed by atoms with Crippen molar-refractivity contribution in [2.75, 3.05) is 13.2 Å². The van der Waals surface area contributed by atoms with Gasteiger partial charge in [0, 0.05) is 6.61 Å². The van der Waals surface area contributed by atoms with E-state index in [0.29, 0.717) is 0 Å². The van der Waals surface area contributed by atoms with Crippen molar-refractivity contribution in [1.29, 1.82) is 0 Å². The Kier molecular flexibility index (Phi) is 4.25. The predicted molar refractivity (Wildman–Crippen MR) is 75.2 cm³/mol. The largest absolute Gasteiger partial charge is 0.458 e. The third-order valence-electron chi connectivity index (χ3n) is 3.36. The minimum absolute atomic E-state index is 0.00636. The van der Waals surface area contributed by atoms with Crippen molar-refractivity contribution in [3.05, 3.63) is 42.2 Å². The number of benzene rings is 1. The van der Waals surface area contributed by atoms with Gasteiger partial charge in [-0.05, 0) is 31.4 Å². The maximum Gasteiger partial charge on any atom is 0.360 e. The van der Waals surface area contributed by atoms with Gasteiger partial charge in [-0.2, -0.15) is 9.90 Å². The molecule has 1 unspecified atom stereocenters. The highest BCUT2D eigenvalue weighted by Gasteiger charge is 2.18. The third-order valence-corrected chi connectivity index (χ3v) is 3.36. The van der Waals surface area contributed by atoms with Crippen LogP contribution in [0.3, 0.4) is 0 Å². The first-order chi connectivity index (χ1) is 10.3. The molecule has 0 bridgehead atoms. The van der Waals surface area contributed by atoms with Gasteiger partial charge in [0.05, 0.1) is 18.0 Å². The molecule has 1 aromatic carbocycles. The number of carbonyl (C=O) groups excluding carboxylic acids is 1.